The largest absolute Gasteiger partial charge is 0.481 e. The highest BCUT2D eigenvalue weighted by molar-refractivity contribution is 5.97. The van der Waals surface area contributed by atoms with Crippen LogP contribution in [-0.2, 0) is 17.8 Å². The minimum Gasteiger partial charge on any atom is -0.481 e. The van der Waals surface area contributed by atoms with Crippen LogP contribution in [0.1, 0.15) is 52.6 Å². The molecule has 122 valence electrons. The highest BCUT2D eigenvalue weighted by Crippen LogP contribution is 2.18. The van der Waals surface area contributed by atoms with Gasteiger partial charge >= 0.3 is 5.97 Å². The second-order valence-electron chi connectivity index (χ2n) is 5.87. The summed E-state index contributed by atoms with van der Waals surface area (Å²) in [6, 6.07) is 8.06. The minimum absolute atomic E-state index is 0.183. The van der Waals surface area contributed by atoms with E-state index in [1.54, 1.807) is 6.92 Å². The molecule has 2 aromatic rings. The summed E-state index contributed by atoms with van der Waals surface area (Å²) in [4.78, 5) is 23.1. The first kappa shape index (κ1) is 16.8. The van der Waals surface area contributed by atoms with Crippen LogP contribution in [0.5, 0.6) is 0 Å². The molecule has 1 amide bonds. The summed E-state index contributed by atoms with van der Waals surface area (Å²) in [7, 11) is 0. The Morgan fingerprint density at radius 1 is 1.22 bits per heavy atom. The van der Waals surface area contributed by atoms with Crippen molar-refractivity contribution in [3.8, 4) is 0 Å². The van der Waals surface area contributed by atoms with Crippen molar-refractivity contribution < 1.29 is 19.1 Å². The summed E-state index contributed by atoms with van der Waals surface area (Å²) < 4.78 is 5.18. The van der Waals surface area contributed by atoms with Gasteiger partial charge in [-0.3, -0.25) is 9.59 Å². The molecule has 2 N–H and O–H groups in total. The number of carbonyl (C=O) groups is 2. The van der Waals surface area contributed by atoms with E-state index >= 15 is 0 Å². The van der Waals surface area contributed by atoms with Crippen molar-refractivity contribution in [3.63, 3.8) is 0 Å². The topological polar surface area (TPSA) is 79.5 Å². The van der Waals surface area contributed by atoms with Gasteiger partial charge < -0.3 is 14.8 Å². The Hall–Kier alpha value is -2.56. The number of carboxylic acid groups (broad SMARTS) is 1. The molecule has 0 saturated heterocycles. The van der Waals surface area contributed by atoms with Gasteiger partial charge in [0.1, 0.15) is 12.2 Å². The van der Waals surface area contributed by atoms with Gasteiger partial charge in [0.05, 0.1) is 11.8 Å². The molecule has 0 aliphatic carbocycles. The van der Waals surface area contributed by atoms with Crippen molar-refractivity contribution in [2.45, 2.75) is 39.7 Å². The van der Waals surface area contributed by atoms with Crippen LogP contribution in [-0.4, -0.2) is 17.0 Å². The molecule has 5 nitrogen and oxygen atoms in total. The number of nitrogens with one attached hydrogen (secondary N) is 1. The van der Waals surface area contributed by atoms with E-state index in [4.69, 9.17) is 9.52 Å². The highest BCUT2D eigenvalue weighted by Gasteiger charge is 2.20. The maximum atomic E-state index is 12.3. The average molecular weight is 315 g/mol. The fourth-order valence-electron chi connectivity index (χ4n) is 2.36. The molecule has 1 aromatic heterocycles. The molecule has 2 rings (SSSR count). The molecular formula is C18H21NO4. The van der Waals surface area contributed by atoms with Crippen molar-refractivity contribution in [3.05, 3.63) is 58.5 Å². The molecule has 0 aliphatic heterocycles. The first-order valence-electron chi connectivity index (χ1n) is 7.54. The SMILES string of the molecule is Cc1coc(CC(=O)O)c1C(=O)NCc1ccc(C(C)C)cc1. The van der Waals surface area contributed by atoms with Gasteiger partial charge in [-0.15, -0.1) is 0 Å². The third-order valence-corrected chi connectivity index (χ3v) is 3.69. The monoisotopic (exact) mass is 315 g/mol. The summed E-state index contributed by atoms with van der Waals surface area (Å²) in [6.07, 6.45) is 1.10. The second-order valence-corrected chi connectivity index (χ2v) is 5.87. The summed E-state index contributed by atoms with van der Waals surface area (Å²) in [5.41, 5.74) is 3.18. The van der Waals surface area contributed by atoms with E-state index in [1.807, 2.05) is 24.3 Å². The van der Waals surface area contributed by atoms with Crippen molar-refractivity contribution in [1.82, 2.24) is 5.32 Å². The van der Waals surface area contributed by atoms with Crippen LogP contribution in [0.3, 0.4) is 0 Å². The number of benzene rings is 1. The number of hydrogen-bond donors (Lipinski definition) is 2. The van der Waals surface area contributed by atoms with Crippen molar-refractivity contribution in [2.24, 2.45) is 0 Å². The molecule has 0 aliphatic rings. The Labute approximate surface area is 135 Å². The number of aliphatic carboxylic acids is 1. The number of carbonyl (C=O) groups excluding carboxylic acids is 1. The number of rotatable bonds is 6. The Morgan fingerprint density at radius 3 is 2.43 bits per heavy atom. The lowest BCUT2D eigenvalue weighted by atomic mass is 10.0. The maximum Gasteiger partial charge on any atom is 0.311 e. The van der Waals surface area contributed by atoms with Gasteiger partial charge in [-0.1, -0.05) is 38.1 Å². The predicted octanol–water partition coefficient (Wildman–Crippen LogP) is 3.27. The van der Waals surface area contributed by atoms with Crippen LogP contribution >= 0.6 is 0 Å². The van der Waals surface area contributed by atoms with Crippen LogP contribution in [0, 0.1) is 6.92 Å². The van der Waals surface area contributed by atoms with E-state index < -0.39 is 5.97 Å². The molecule has 0 bridgehead atoms. The molecule has 0 spiro atoms. The number of carboxylic acids is 1. The molecule has 0 atom stereocenters. The lowest BCUT2D eigenvalue weighted by Gasteiger charge is -2.09. The van der Waals surface area contributed by atoms with Crippen LogP contribution in [0.15, 0.2) is 34.9 Å². The lowest BCUT2D eigenvalue weighted by molar-refractivity contribution is -0.136. The zero-order valence-corrected chi connectivity index (χ0v) is 13.6. The second kappa shape index (κ2) is 7.13. The first-order valence-corrected chi connectivity index (χ1v) is 7.54. The summed E-state index contributed by atoms with van der Waals surface area (Å²) >= 11 is 0. The van der Waals surface area contributed by atoms with Gasteiger partial charge in [0, 0.05) is 12.1 Å². The van der Waals surface area contributed by atoms with Gasteiger partial charge in [-0.25, -0.2) is 0 Å². The quantitative estimate of drug-likeness (QED) is 0.857. The van der Waals surface area contributed by atoms with E-state index in [2.05, 4.69) is 19.2 Å². The molecule has 23 heavy (non-hydrogen) atoms. The normalized spacial score (nSPS) is 10.8. The summed E-state index contributed by atoms with van der Waals surface area (Å²) in [6.45, 7) is 6.36. The van der Waals surface area contributed by atoms with Gasteiger partial charge in [0.25, 0.3) is 5.91 Å². The number of furan rings is 1. The van der Waals surface area contributed by atoms with Gasteiger partial charge in [-0.2, -0.15) is 0 Å². The Bertz CT molecular complexity index is 698. The Morgan fingerprint density at radius 2 is 1.87 bits per heavy atom. The summed E-state index contributed by atoms with van der Waals surface area (Å²) in [5, 5.41) is 11.7. The molecule has 0 fully saturated rings. The smallest absolute Gasteiger partial charge is 0.311 e. The molecular weight excluding hydrogens is 294 g/mol. The van der Waals surface area contributed by atoms with E-state index in [9.17, 15) is 9.59 Å². The standard InChI is InChI=1S/C18H21NO4/c1-11(2)14-6-4-13(5-7-14)9-19-18(22)17-12(3)10-23-15(17)8-16(20)21/h4-7,10-11H,8-9H2,1-3H3,(H,19,22)(H,20,21). The van der Waals surface area contributed by atoms with Crippen LogP contribution in [0.25, 0.3) is 0 Å². The van der Waals surface area contributed by atoms with Crippen LogP contribution < -0.4 is 5.32 Å². The lowest BCUT2D eigenvalue weighted by Crippen LogP contribution is -2.24. The molecule has 1 aromatic carbocycles. The third-order valence-electron chi connectivity index (χ3n) is 3.69. The number of hydrogen-bond acceptors (Lipinski definition) is 3. The molecule has 0 saturated carbocycles. The molecule has 0 radical (unpaired) electrons. The molecule has 0 unspecified atom stereocenters. The fourth-order valence-corrected chi connectivity index (χ4v) is 2.36. The van der Waals surface area contributed by atoms with E-state index in [0.717, 1.165) is 5.56 Å². The third kappa shape index (κ3) is 4.22. The van der Waals surface area contributed by atoms with Gasteiger partial charge in [0.2, 0.25) is 0 Å². The van der Waals surface area contributed by atoms with E-state index in [1.165, 1.54) is 11.8 Å². The van der Waals surface area contributed by atoms with Gasteiger partial charge in [0.15, 0.2) is 0 Å². The minimum atomic E-state index is -1.03. The van der Waals surface area contributed by atoms with E-state index in [0.29, 0.717) is 23.6 Å². The number of amides is 1. The predicted molar refractivity (Wildman–Crippen MR) is 86.5 cm³/mol. The van der Waals surface area contributed by atoms with Crippen LogP contribution in [0.4, 0.5) is 0 Å². The first-order chi connectivity index (χ1) is 10.9. The zero-order valence-electron chi connectivity index (χ0n) is 13.6. The van der Waals surface area contributed by atoms with Crippen molar-refractivity contribution >= 4 is 11.9 Å². The zero-order chi connectivity index (χ0) is 17.0. The van der Waals surface area contributed by atoms with Crippen LogP contribution in [0.2, 0.25) is 0 Å². The highest BCUT2D eigenvalue weighted by atomic mass is 16.4. The summed E-state index contributed by atoms with van der Waals surface area (Å²) in [5.74, 6) is -0.702. The fraction of sp³-hybridized carbons (Fsp3) is 0.333. The Kier molecular flexibility index (Phi) is 5.21. The Balaban J connectivity index is 2.05. The van der Waals surface area contributed by atoms with Crippen molar-refractivity contribution in [2.75, 3.05) is 0 Å². The number of aryl methyl sites for hydroxylation is 1. The van der Waals surface area contributed by atoms with Crippen molar-refractivity contribution in [1.29, 1.82) is 0 Å². The van der Waals surface area contributed by atoms with Gasteiger partial charge in [-0.05, 0) is 24.0 Å². The van der Waals surface area contributed by atoms with E-state index in [-0.39, 0.29) is 18.1 Å². The molecule has 5 heteroatoms. The average Bonchev–Trinajstić information content (AvgIpc) is 2.85. The maximum absolute atomic E-state index is 12.3. The molecule has 1 heterocycles.